The smallest absolute Gasteiger partial charge is 0.138 e. The fourth-order valence-electron chi connectivity index (χ4n) is 4.28. The summed E-state index contributed by atoms with van der Waals surface area (Å²) in [5.74, 6) is 1.64. The largest absolute Gasteiger partial charge is 0.489 e. The molecule has 3 aliphatic heterocycles. The van der Waals surface area contributed by atoms with Crippen LogP contribution in [0.4, 0.5) is 5.82 Å². The van der Waals surface area contributed by atoms with Crippen LogP contribution in [0.2, 0.25) is 0 Å². The van der Waals surface area contributed by atoms with Gasteiger partial charge in [0.1, 0.15) is 29.8 Å². The second kappa shape index (κ2) is 8.70. The summed E-state index contributed by atoms with van der Waals surface area (Å²) in [6.45, 7) is 6.31. The number of fused-ring (bicyclic) bond motifs is 3. The Balaban J connectivity index is 1.46. The van der Waals surface area contributed by atoms with Gasteiger partial charge in [0.05, 0.1) is 32.7 Å². The number of nitrogens with one attached hydrogen (secondary N) is 1. The molecule has 3 aromatic rings. The van der Waals surface area contributed by atoms with Gasteiger partial charge in [0.15, 0.2) is 0 Å². The first kappa shape index (κ1) is 21.8. The molecule has 2 unspecified atom stereocenters. The maximum atomic E-state index is 9.60. The fraction of sp³-hybridized carbons (Fsp3) is 0.409. The Bertz CT molecular complexity index is 1160. The summed E-state index contributed by atoms with van der Waals surface area (Å²) in [6.07, 6.45) is 6.50. The van der Waals surface area contributed by atoms with Crippen molar-refractivity contribution >= 4 is 41.8 Å². The van der Waals surface area contributed by atoms with Crippen molar-refractivity contribution in [3.8, 4) is 22.9 Å². The molecule has 2 bridgehead atoms. The predicted molar refractivity (Wildman–Crippen MR) is 133 cm³/mol. The van der Waals surface area contributed by atoms with E-state index in [2.05, 4.69) is 54.7 Å². The topological polar surface area (TPSA) is 87.7 Å². The van der Waals surface area contributed by atoms with E-state index in [0.29, 0.717) is 30.0 Å². The van der Waals surface area contributed by atoms with Crippen LogP contribution in [0.5, 0.6) is 5.75 Å². The first-order chi connectivity index (χ1) is 15.5. The highest BCUT2D eigenvalue weighted by molar-refractivity contribution is 14.2. The first-order valence-corrected chi connectivity index (χ1v) is 13.7. The Kier molecular flexibility index (Phi) is 5.92. The van der Waals surface area contributed by atoms with Gasteiger partial charge in [-0.1, -0.05) is 0 Å². The zero-order chi connectivity index (χ0) is 22.3. The third kappa shape index (κ3) is 4.26. The number of aromatic nitrogens is 3. The number of pyridine rings is 2. The second-order valence-electron chi connectivity index (χ2n) is 8.85. The molecule has 1 N–H and O–H groups in total. The molecule has 166 valence electrons. The molecule has 0 radical (unpaired) electrons. The number of ether oxygens (including phenoxy) is 1. The summed E-state index contributed by atoms with van der Waals surface area (Å²) in [6, 6.07) is 9.46. The number of piperidine rings is 1. The number of halogens is 1. The number of nitrogens with zero attached hydrogens (tertiary/aromatic N) is 5. The molecule has 3 aliphatic rings. The van der Waals surface area contributed by atoms with Crippen molar-refractivity contribution in [3.63, 3.8) is 0 Å². The molecule has 3 fully saturated rings. The molecule has 0 aliphatic carbocycles. The maximum absolute atomic E-state index is 9.60. The average Bonchev–Trinajstić information content (AvgIpc) is 3.20. The highest BCUT2D eigenvalue weighted by Gasteiger charge is 2.36. The Hall–Kier alpha value is -2.07. The van der Waals surface area contributed by atoms with Crippen LogP contribution in [0.15, 0.2) is 36.8 Å². The van der Waals surface area contributed by atoms with Crippen molar-refractivity contribution in [1.82, 2.24) is 19.9 Å². The van der Waals surface area contributed by atoms with Gasteiger partial charge in [-0.15, -0.1) is 0 Å². The minimum atomic E-state index is -0.448. The van der Waals surface area contributed by atoms with Crippen molar-refractivity contribution in [2.24, 2.45) is 0 Å². The van der Waals surface area contributed by atoms with Gasteiger partial charge in [0.2, 0.25) is 0 Å². The van der Waals surface area contributed by atoms with E-state index >= 15 is 0 Å². The van der Waals surface area contributed by atoms with Gasteiger partial charge in [-0.25, -0.2) is 9.50 Å². The van der Waals surface area contributed by atoms with Crippen molar-refractivity contribution in [2.45, 2.75) is 38.0 Å². The lowest BCUT2D eigenvalue weighted by molar-refractivity contribution is 0.0747. The predicted octanol–water partition coefficient (Wildman–Crippen LogP) is 3.99. The zero-order valence-corrected chi connectivity index (χ0v) is 20.8. The lowest BCUT2D eigenvalue weighted by atomic mass is 9.91. The van der Waals surface area contributed by atoms with Gasteiger partial charge >= 0.3 is 0 Å². The third-order valence-electron chi connectivity index (χ3n) is 5.86. The number of piperazine rings is 1. The number of rotatable bonds is 7. The minimum absolute atomic E-state index is 0.378. The van der Waals surface area contributed by atoms with Gasteiger partial charge in [-0.3, -0.25) is 4.18 Å². The molecule has 32 heavy (non-hydrogen) atoms. The Labute approximate surface area is 203 Å². The highest BCUT2D eigenvalue weighted by Crippen LogP contribution is 2.33. The Morgan fingerprint density at radius 3 is 2.75 bits per heavy atom. The van der Waals surface area contributed by atoms with Crippen molar-refractivity contribution in [3.05, 3.63) is 42.4 Å². The lowest BCUT2D eigenvalue weighted by Gasteiger charge is -2.48. The standard InChI is InChI=1S/C22H23IN6O2S/c1-22(2,31-32-23)13-30-18-6-19(21-15(7-24)9-26-29(21)12-18)14-3-4-20(25-8-14)28-10-16-5-17(11-28)27-16/h3-4,6,8-9,12,16-17,27H,5,10-11,13H2,1-2H3. The van der Waals surface area contributed by atoms with E-state index in [1.54, 1.807) is 16.9 Å². The summed E-state index contributed by atoms with van der Waals surface area (Å²) in [4.78, 5) is 7.08. The lowest BCUT2D eigenvalue weighted by Crippen LogP contribution is -2.67. The molecular formula is C22H23IN6O2S. The first-order valence-electron chi connectivity index (χ1n) is 10.4. The van der Waals surface area contributed by atoms with Crippen molar-refractivity contribution in [1.29, 1.82) is 5.26 Å². The number of hydrogen-bond acceptors (Lipinski definition) is 8. The van der Waals surface area contributed by atoms with Crippen LogP contribution >= 0.6 is 30.4 Å². The van der Waals surface area contributed by atoms with Crippen LogP contribution in [0, 0.1) is 11.3 Å². The van der Waals surface area contributed by atoms with Crippen LogP contribution in [0.25, 0.3) is 16.6 Å². The average molecular weight is 562 g/mol. The minimum Gasteiger partial charge on any atom is -0.489 e. The van der Waals surface area contributed by atoms with Gasteiger partial charge in [-0.05, 0) is 38.5 Å². The van der Waals surface area contributed by atoms with Crippen LogP contribution < -0.4 is 15.0 Å². The molecule has 6 heterocycles. The molecule has 8 nitrogen and oxygen atoms in total. The Morgan fingerprint density at radius 2 is 2.09 bits per heavy atom. The molecule has 10 heteroatoms. The summed E-state index contributed by atoms with van der Waals surface area (Å²) >= 11 is 2.10. The van der Waals surface area contributed by atoms with Crippen LogP contribution in [-0.4, -0.2) is 52.0 Å². The summed E-state index contributed by atoms with van der Waals surface area (Å²) in [5, 5.41) is 17.5. The summed E-state index contributed by atoms with van der Waals surface area (Å²) in [7, 11) is 1.29. The van der Waals surface area contributed by atoms with Gasteiger partial charge in [0.25, 0.3) is 0 Å². The quantitative estimate of drug-likeness (QED) is 0.342. The summed E-state index contributed by atoms with van der Waals surface area (Å²) < 4.78 is 13.4. The monoisotopic (exact) mass is 562 g/mol. The number of hydrogen-bond donors (Lipinski definition) is 1. The molecule has 0 saturated carbocycles. The van der Waals surface area contributed by atoms with Crippen LogP contribution in [0.1, 0.15) is 25.8 Å². The van der Waals surface area contributed by atoms with E-state index in [1.165, 1.54) is 15.6 Å². The van der Waals surface area contributed by atoms with Gasteiger partial charge in [-0.2, -0.15) is 10.4 Å². The van der Waals surface area contributed by atoms with E-state index in [1.807, 2.05) is 26.1 Å². The molecule has 0 amide bonds. The molecular weight excluding hydrogens is 539 g/mol. The molecule has 0 aromatic carbocycles. The highest BCUT2D eigenvalue weighted by atomic mass is 127. The second-order valence-corrected chi connectivity index (χ2v) is 10.2. The maximum Gasteiger partial charge on any atom is 0.138 e. The van der Waals surface area contributed by atoms with E-state index < -0.39 is 5.60 Å². The summed E-state index contributed by atoms with van der Waals surface area (Å²) in [5.41, 5.74) is 2.59. The van der Waals surface area contributed by atoms with Crippen LogP contribution in [-0.2, 0) is 4.18 Å². The van der Waals surface area contributed by atoms with Gasteiger partial charge in [0, 0.05) is 63.7 Å². The molecule has 3 aromatic heterocycles. The van der Waals surface area contributed by atoms with Crippen molar-refractivity contribution in [2.75, 3.05) is 24.6 Å². The van der Waals surface area contributed by atoms with E-state index in [-0.39, 0.29) is 0 Å². The molecule has 6 rings (SSSR count). The SMILES string of the molecule is CC(C)(COc1cc(-c2ccc(N3CC4CC(C3)N4)nc2)c2c(C#N)cnn2c1)OSI. The third-order valence-corrected chi connectivity index (χ3v) is 6.91. The fourth-order valence-corrected chi connectivity index (χ4v) is 5.96. The zero-order valence-electron chi connectivity index (χ0n) is 17.8. The van der Waals surface area contributed by atoms with Crippen molar-refractivity contribution < 1.29 is 8.92 Å². The number of nitriles is 1. The van der Waals surface area contributed by atoms with E-state index in [4.69, 9.17) is 13.9 Å². The Morgan fingerprint density at radius 1 is 1.31 bits per heavy atom. The molecule has 2 atom stereocenters. The van der Waals surface area contributed by atoms with E-state index in [0.717, 1.165) is 35.6 Å². The van der Waals surface area contributed by atoms with Crippen LogP contribution in [0.3, 0.4) is 0 Å². The molecule has 3 saturated heterocycles. The normalized spacial score (nSPS) is 20.1. The van der Waals surface area contributed by atoms with E-state index in [9.17, 15) is 5.26 Å². The molecule has 0 spiro atoms. The van der Waals surface area contributed by atoms with Gasteiger partial charge < -0.3 is 15.0 Å². The number of anilines is 1.